The lowest BCUT2D eigenvalue weighted by Crippen LogP contribution is -2.66. The Morgan fingerprint density at radius 3 is 2.64 bits per heavy atom. The van der Waals surface area contributed by atoms with Gasteiger partial charge in [-0.25, -0.2) is 0 Å². The zero-order chi connectivity index (χ0) is 20.1. The average molecular weight is 397 g/mol. The molecule has 0 aliphatic carbocycles. The summed E-state index contributed by atoms with van der Waals surface area (Å²) in [6, 6.07) is 1.67. The van der Waals surface area contributed by atoms with E-state index in [0.717, 1.165) is 37.6 Å². The van der Waals surface area contributed by atoms with Crippen LogP contribution in [-0.2, 0) is 11.0 Å². The topological polar surface area (TPSA) is 73.7 Å². The Morgan fingerprint density at radius 1 is 1.25 bits per heavy atom. The summed E-state index contributed by atoms with van der Waals surface area (Å²) in [6.07, 6.45) is -0.592. The van der Waals surface area contributed by atoms with Gasteiger partial charge in [0.15, 0.2) is 0 Å². The second-order valence-corrected chi connectivity index (χ2v) is 7.91. The van der Waals surface area contributed by atoms with Gasteiger partial charge in [0.25, 0.3) is 5.91 Å². The SMILES string of the molecule is O=C(c1ccc(C(F)(F)F)nc1)N1C[C@H]2C[C@@H](C1)[C@H](CO)N1C(=O)CCC[C@@H]21. The van der Waals surface area contributed by atoms with E-state index in [1.165, 1.54) is 0 Å². The van der Waals surface area contributed by atoms with Gasteiger partial charge in [-0.1, -0.05) is 0 Å². The molecule has 9 heteroatoms. The minimum absolute atomic E-state index is 0.0102. The van der Waals surface area contributed by atoms with Crippen molar-refractivity contribution in [3.05, 3.63) is 29.6 Å². The molecule has 0 aromatic carbocycles. The number of fused-ring (bicyclic) bond motifs is 4. The minimum Gasteiger partial charge on any atom is -0.394 e. The number of aliphatic hydroxyl groups is 1. The monoisotopic (exact) mass is 397 g/mol. The van der Waals surface area contributed by atoms with Crippen LogP contribution < -0.4 is 0 Å². The highest BCUT2D eigenvalue weighted by Crippen LogP contribution is 2.41. The summed E-state index contributed by atoms with van der Waals surface area (Å²) in [5.41, 5.74) is -0.915. The molecule has 4 atom stereocenters. The summed E-state index contributed by atoms with van der Waals surface area (Å²) >= 11 is 0. The largest absolute Gasteiger partial charge is 0.433 e. The fourth-order valence-corrected chi connectivity index (χ4v) is 5.05. The molecule has 2 amide bonds. The van der Waals surface area contributed by atoms with Crippen molar-refractivity contribution in [1.82, 2.24) is 14.8 Å². The van der Waals surface area contributed by atoms with Gasteiger partial charge in [-0.2, -0.15) is 13.2 Å². The number of carbonyl (C=O) groups is 2. The molecule has 1 N–H and O–H groups in total. The molecule has 3 saturated heterocycles. The van der Waals surface area contributed by atoms with Crippen LogP contribution in [0.25, 0.3) is 0 Å². The first-order valence-corrected chi connectivity index (χ1v) is 9.54. The number of hydrogen-bond donors (Lipinski definition) is 1. The highest BCUT2D eigenvalue weighted by atomic mass is 19.4. The van der Waals surface area contributed by atoms with Crippen LogP contribution in [0.3, 0.4) is 0 Å². The first-order chi connectivity index (χ1) is 13.3. The second kappa shape index (κ2) is 7.02. The number of likely N-dealkylation sites (tertiary alicyclic amines) is 1. The van der Waals surface area contributed by atoms with Gasteiger partial charge in [-0.15, -0.1) is 0 Å². The fourth-order valence-electron chi connectivity index (χ4n) is 5.05. The lowest BCUT2D eigenvalue weighted by Gasteiger charge is -2.56. The molecule has 3 aliphatic rings. The van der Waals surface area contributed by atoms with Gasteiger partial charge in [0, 0.05) is 31.7 Å². The lowest BCUT2D eigenvalue weighted by molar-refractivity contribution is -0.154. The number of aromatic nitrogens is 1. The quantitative estimate of drug-likeness (QED) is 0.828. The van der Waals surface area contributed by atoms with E-state index >= 15 is 0 Å². The molecule has 0 unspecified atom stereocenters. The normalized spacial score (nSPS) is 30.2. The number of halogens is 3. The summed E-state index contributed by atoms with van der Waals surface area (Å²) in [6.45, 7) is 0.685. The molecule has 6 nitrogen and oxygen atoms in total. The van der Waals surface area contributed by atoms with Crippen molar-refractivity contribution in [2.75, 3.05) is 19.7 Å². The fraction of sp³-hybridized carbons (Fsp3) is 0.632. The molecule has 1 aromatic rings. The van der Waals surface area contributed by atoms with E-state index in [0.29, 0.717) is 19.5 Å². The number of piperidine rings is 3. The molecule has 0 spiro atoms. The zero-order valence-corrected chi connectivity index (χ0v) is 15.2. The average Bonchev–Trinajstić information content (AvgIpc) is 2.68. The first kappa shape index (κ1) is 19.2. The number of nitrogens with zero attached hydrogens (tertiary/aromatic N) is 3. The Bertz CT molecular complexity index is 754. The molecule has 152 valence electrons. The Hall–Kier alpha value is -2.16. The molecule has 2 bridgehead atoms. The number of hydrogen-bond acceptors (Lipinski definition) is 4. The molecule has 3 fully saturated rings. The van der Waals surface area contributed by atoms with Crippen molar-refractivity contribution in [2.24, 2.45) is 11.8 Å². The summed E-state index contributed by atoms with van der Waals surface area (Å²) in [7, 11) is 0. The van der Waals surface area contributed by atoms with Crippen molar-refractivity contribution in [1.29, 1.82) is 0 Å². The van der Waals surface area contributed by atoms with Crippen LogP contribution in [0.2, 0.25) is 0 Å². The lowest BCUT2D eigenvalue weighted by atomic mass is 9.72. The molecule has 1 aromatic heterocycles. The standard InChI is InChI=1S/C19H22F3N3O3/c20-19(21,22)16-5-4-11(7-23-16)18(28)24-8-12-6-13(9-24)15(10-26)25-14(12)2-1-3-17(25)27/h4-5,7,12-15,26H,1-3,6,8-10H2/t12-,13+,14+,15+/m1/s1. The van der Waals surface area contributed by atoms with Gasteiger partial charge in [0.05, 0.1) is 18.2 Å². The van der Waals surface area contributed by atoms with Gasteiger partial charge in [-0.05, 0) is 43.2 Å². The maximum absolute atomic E-state index is 12.9. The van der Waals surface area contributed by atoms with Crippen molar-refractivity contribution >= 4 is 11.8 Å². The van der Waals surface area contributed by atoms with Crippen molar-refractivity contribution in [3.63, 3.8) is 0 Å². The number of pyridine rings is 1. The van der Waals surface area contributed by atoms with Crippen LogP contribution in [0.5, 0.6) is 0 Å². The smallest absolute Gasteiger partial charge is 0.394 e. The van der Waals surface area contributed by atoms with E-state index in [2.05, 4.69) is 4.98 Å². The number of rotatable bonds is 2. The number of carbonyl (C=O) groups excluding carboxylic acids is 2. The molecule has 0 radical (unpaired) electrons. The predicted molar refractivity (Wildman–Crippen MR) is 92.1 cm³/mol. The maximum atomic E-state index is 12.9. The number of amides is 2. The van der Waals surface area contributed by atoms with Crippen LogP contribution in [-0.4, -0.2) is 63.5 Å². The zero-order valence-electron chi connectivity index (χ0n) is 15.2. The highest BCUT2D eigenvalue weighted by molar-refractivity contribution is 5.94. The third kappa shape index (κ3) is 3.25. The third-order valence-electron chi connectivity index (χ3n) is 6.27. The van der Waals surface area contributed by atoms with Crippen LogP contribution >= 0.6 is 0 Å². The highest BCUT2D eigenvalue weighted by Gasteiger charge is 2.49. The maximum Gasteiger partial charge on any atom is 0.433 e. The van der Waals surface area contributed by atoms with Crippen molar-refractivity contribution < 1.29 is 27.9 Å². The molecule has 28 heavy (non-hydrogen) atoms. The van der Waals surface area contributed by atoms with E-state index in [-0.39, 0.29) is 47.9 Å². The van der Waals surface area contributed by atoms with Gasteiger partial charge in [-0.3, -0.25) is 14.6 Å². The molecule has 0 saturated carbocycles. The number of alkyl halides is 3. The summed E-state index contributed by atoms with van der Waals surface area (Å²) in [5, 5.41) is 9.89. The molecular weight excluding hydrogens is 375 g/mol. The van der Waals surface area contributed by atoms with E-state index in [4.69, 9.17) is 0 Å². The van der Waals surface area contributed by atoms with Gasteiger partial charge < -0.3 is 14.9 Å². The summed E-state index contributed by atoms with van der Waals surface area (Å²) in [4.78, 5) is 32.1. The van der Waals surface area contributed by atoms with E-state index < -0.39 is 11.9 Å². The Labute approximate surface area is 160 Å². The van der Waals surface area contributed by atoms with Crippen molar-refractivity contribution in [3.8, 4) is 0 Å². The van der Waals surface area contributed by atoms with E-state index in [9.17, 15) is 27.9 Å². The van der Waals surface area contributed by atoms with Crippen LogP contribution in [0, 0.1) is 11.8 Å². The molecule has 4 rings (SSSR count). The van der Waals surface area contributed by atoms with Crippen molar-refractivity contribution in [2.45, 2.75) is 43.9 Å². The molecular formula is C19H22F3N3O3. The summed E-state index contributed by atoms with van der Waals surface area (Å²) in [5.74, 6) is -0.203. The van der Waals surface area contributed by atoms with E-state index in [1.807, 2.05) is 4.90 Å². The summed E-state index contributed by atoms with van der Waals surface area (Å²) < 4.78 is 38.1. The van der Waals surface area contributed by atoms with Crippen LogP contribution in [0.15, 0.2) is 18.3 Å². The van der Waals surface area contributed by atoms with E-state index in [1.54, 1.807) is 4.90 Å². The Morgan fingerprint density at radius 2 is 2.00 bits per heavy atom. The molecule has 3 aliphatic heterocycles. The molecule has 4 heterocycles. The second-order valence-electron chi connectivity index (χ2n) is 7.91. The van der Waals surface area contributed by atoms with Crippen LogP contribution in [0.4, 0.5) is 13.2 Å². The first-order valence-electron chi connectivity index (χ1n) is 9.54. The Kier molecular flexibility index (Phi) is 4.81. The Balaban J connectivity index is 1.55. The minimum atomic E-state index is -4.55. The number of aliphatic hydroxyl groups excluding tert-OH is 1. The predicted octanol–water partition coefficient (Wildman–Crippen LogP) is 1.93. The van der Waals surface area contributed by atoms with Gasteiger partial charge >= 0.3 is 6.18 Å². The van der Waals surface area contributed by atoms with Crippen LogP contribution in [0.1, 0.15) is 41.7 Å². The van der Waals surface area contributed by atoms with Gasteiger partial charge in [0.1, 0.15) is 5.69 Å². The third-order valence-corrected chi connectivity index (χ3v) is 6.27. The van der Waals surface area contributed by atoms with Gasteiger partial charge in [0.2, 0.25) is 5.91 Å².